The summed E-state index contributed by atoms with van der Waals surface area (Å²) in [4.78, 5) is 24.0. The van der Waals surface area contributed by atoms with Crippen molar-refractivity contribution in [2.75, 3.05) is 24.5 Å². The van der Waals surface area contributed by atoms with E-state index in [0.717, 1.165) is 6.07 Å². The van der Waals surface area contributed by atoms with Gasteiger partial charge < -0.3 is 10.3 Å². The number of hydrazine groups is 1. The zero-order valence-electron chi connectivity index (χ0n) is 11.9. The molecule has 0 heterocycles. The molecule has 0 aliphatic rings. The first-order valence-corrected chi connectivity index (χ1v) is 7.43. The SMILES string of the molecule is CSCC(C)N(C)C(=O)c1cc(NN)c(F)cc1[N+](=O)[O-]. The highest BCUT2D eigenvalue weighted by atomic mass is 32.2. The summed E-state index contributed by atoms with van der Waals surface area (Å²) in [6, 6.07) is 1.62. The molecule has 0 saturated carbocycles. The number of nitrogens with one attached hydrogen (secondary N) is 1. The van der Waals surface area contributed by atoms with E-state index in [9.17, 15) is 19.3 Å². The number of nitrogens with two attached hydrogens (primary N) is 1. The molecule has 9 heteroatoms. The Balaban J connectivity index is 3.26. The van der Waals surface area contributed by atoms with Crippen LogP contribution in [-0.2, 0) is 0 Å². The van der Waals surface area contributed by atoms with Crippen LogP contribution in [0.5, 0.6) is 0 Å². The van der Waals surface area contributed by atoms with Crippen LogP contribution in [0.1, 0.15) is 17.3 Å². The number of nitrogens with zero attached hydrogens (tertiary/aromatic N) is 2. The molecule has 1 aromatic rings. The van der Waals surface area contributed by atoms with Crippen molar-refractivity contribution in [3.63, 3.8) is 0 Å². The third kappa shape index (κ3) is 3.82. The Bertz CT molecular complexity index is 556. The Kier molecular flexibility index (Phi) is 5.91. The number of hydrogen-bond acceptors (Lipinski definition) is 6. The summed E-state index contributed by atoms with van der Waals surface area (Å²) in [6.45, 7) is 1.83. The van der Waals surface area contributed by atoms with Gasteiger partial charge >= 0.3 is 0 Å². The first-order valence-electron chi connectivity index (χ1n) is 6.04. The smallest absolute Gasteiger partial charge is 0.285 e. The molecule has 116 valence electrons. The van der Waals surface area contributed by atoms with Crippen LogP contribution in [0.15, 0.2) is 12.1 Å². The summed E-state index contributed by atoms with van der Waals surface area (Å²) >= 11 is 1.55. The van der Waals surface area contributed by atoms with Gasteiger partial charge in [-0.1, -0.05) is 0 Å². The van der Waals surface area contributed by atoms with Gasteiger partial charge in [0.25, 0.3) is 11.6 Å². The number of carbonyl (C=O) groups excluding carboxylic acids is 1. The molecular weight excluding hydrogens is 299 g/mol. The van der Waals surface area contributed by atoms with Gasteiger partial charge in [0.05, 0.1) is 16.7 Å². The molecule has 0 fully saturated rings. The van der Waals surface area contributed by atoms with Gasteiger partial charge in [-0.25, -0.2) is 4.39 Å². The monoisotopic (exact) mass is 316 g/mol. The number of amides is 1. The summed E-state index contributed by atoms with van der Waals surface area (Å²) in [5, 5.41) is 11.0. The number of nitro groups is 1. The predicted octanol–water partition coefficient (Wildman–Crippen LogP) is 1.84. The largest absolute Gasteiger partial charge is 0.338 e. The molecule has 0 spiro atoms. The summed E-state index contributed by atoms with van der Waals surface area (Å²) in [7, 11) is 1.55. The van der Waals surface area contributed by atoms with Gasteiger partial charge in [-0.15, -0.1) is 0 Å². The molecule has 21 heavy (non-hydrogen) atoms. The van der Waals surface area contributed by atoms with Crippen LogP contribution in [0, 0.1) is 15.9 Å². The van der Waals surface area contributed by atoms with Crippen LogP contribution in [0.4, 0.5) is 15.8 Å². The van der Waals surface area contributed by atoms with Crippen LogP contribution in [0.3, 0.4) is 0 Å². The average Bonchev–Trinajstić information content (AvgIpc) is 2.45. The molecule has 0 saturated heterocycles. The van der Waals surface area contributed by atoms with Crippen molar-refractivity contribution in [3.8, 4) is 0 Å². The second kappa shape index (κ2) is 7.23. The Labute approximate surface area is 125 Å². The molecule has 1 aromatic carbocycles. The van der Waals surface area contributed by atoms with E-state index in [2.05, 4.69) is 5.43 Å². The number of nitro benzene ring substituents is 1. The van der Waals surface area contributed by atoms with Crippen molar-refractivity contribution >= 4 is 29.0 Å². The zero-order valence-corrected chi connectivity index (χ0v) is 12.7. The summed E-state index contributed by atoms with van der Waals surface area (Å²) in [5.74, 6) is 4.38. The minimum absolute atomic E-state index is 0.119. The quantitative estimate of drug-likeness (QED) is 0.472. The maximum absolute atomic E-state index is 13.6. The van der Waals surface area contributed by atoms with E-state index >= 15 is 0 Å². The minimum atomic E-state index is -0.888. The van der Waals surface area contributed by atoms with Gasteiger partial charge in [-0.05, 0) is 19.2 Å². The molecule has 0 aliphatic carbocycles. The van der Waals surface area contributed by atoms with Crippen LogP contribution in [-0.4, -0.2) is 40.8 Å². The number of thioether (sulfide) groups is 1. The van der Waals surface area contributed by atoms with Crippen molar-refractivity contribution in [1.82, 2.24) is 4.90 Å². The van der Waals surface area contributed by atoms with Gasteiger partial charge in [0, 0.05) is 18.8 Å². The average molecular weight is 316 g/mol. The fourth-order valence-corrected chi connectivity index (χ4v) is 2.44. The van der Waals surface area contributed by atoms with Crippen LogP contribution in [0.25, 0.3) is 0 Å². The first-order chi connectivity index (χ1) is 9.83. The lowest BCUT2D eigenvalue weighted by atomic mass is 10.1. The highest BCUT2D eigenvalue weighted by Gasteiger charge is 2.27. The summed E-state index contributed by atoms with van der Waals surface area (Å²) in [6.07, 6.45) is 1.89. The third-order valence-corrected chi connectivity index (χ3v) is 3.87. The lowest BCUT2D eigenvalue weighted by Gasteiger charge is -2.24. The lowest BCUT2D eigenvalue weighted by molar-refractivity contribution is -0.385. The van der Waals surface area contributed by atoms with E-state index in [1.165, 1.54) is 4.90 Å². The zero-order chi connectivity index (χ0) is 16.2. The van der Waals surface area contributed by atoms with Gasteiger partial charge in [0.2, 0.25) is 0 Å². The first kappa shape index (κ1) is 17.2. The van der Waals surface area contributed by atoms with Gasteiger partial charge in [0.15, 0.2) is 5.82 Å². The highest BCUT2D eigenvalue weighted by Crippen LogP contribution is 2.27. The number of anilines is 1. The molecule has 1 amide bonds. The molecule has 7 nitrogen and oxygen atoms in total. The third-order valence-electron chi connectivity index (χ3n) is 3.06. The fourth-order valence-electron chi connectivity index (χ4n) is 1.74. The molecule has 1 rings (SSSR count). The van der Waals surface area contributed by atoms with E-state index < -0.39 is 22.3 Å². The molecule has 0 aliphatic heterocycles. The number of carbonyl (C=O) groups is 1. The number of hydrogen-bond donors (Lipinski definition) is 2. The molecule has 1 atom stereocenters. The molecule has 0 bridgehead atoms. The van der Waals surface area contributed by atoms with Crippen LogP contribution in [0.2, 0.25) is 0 Å². The number of benzene rings is 1. The normalized spacial score (nSPS) is 11.9. The number of nitrogen functional groups attached to an aromatic ring is 1. The number of rotatable bonds is 6. The summed E-state index contributed by atoms with van der Waals surface area (Å²) in [5.41, 5.74) is 1.12. The Morgan fingerprint density at radius 3 is 2.71 bits per heavy atom. The molecule has 0 aromatic heterocycles. The second-order valence-electron chi connectivity index (χ2n) is 4.47. The maximum Gasteiger partial charge on any atom is 0.285 e. The topological polar surface area (TPSA) is 102 Å². The van der Waals surface area contributed by atoms with Crippen molar-refractivity contribution in [3.05, 3.63) is 33.6 Å². The van der Waals surface area contributed by atoms with E-state index in [1.54, 1.807) is 18.8 Å². The van der Waals surface area contributed by atoms with Crippen molar-refractivity contribution in [1.29, 1.82) is 0 Å². The number of halogens is 1. The van der Waals surface area contributed by atoms with Gasteiger partial charge in [-0.3, -0.25) is 20.8 Å². The van der Waals surface area contributed by atoms with Crippen molar-refractivity contribution < 1.29 is 14.1 Å². The molecular formula is C12H17FN4O3S. The highest BCUT2D eigenvalue weighted by molar-refractivity contribution is 7.98. The molecule has 0 radical (unpaired) electrons. The predicted molar refractivity (Wildman–Crippen MR) is 80.8 cm³/mol. The molecule has 3 N–H and O–H groups in total. The van der Waals surface area contributed by atoms with E-state index in [1.807, 2.05) is 13.2 Å². The van der Waals surface area contributed by atoms with Crippen LogP contribution < -0.4 is 11.3 Å². The second-order valence-corrected chi connectivity index (χ2v) is 5.38. The van der Waals surface area contributed by atoms with Crippen LogP contribution >= 0.6 is 11.8 Å². The van der Waals surface area contributed by atoms with Crippen molar-refractivity contribution in [2.45, 2.75) is 13.0 Å². The molecule has 1 unspecified atom stereocenters. The minimum Gasteiger partial charge on any atom is -0.338 e. The Morgan fingerprint density at radius 1 is 1.62 bits per heavy atom. The van der Waals surface area contributed by atoms with E-state index in [0.29, 0.717) is 11.8 Å². The lowest BCUT2D eigenvalue weighted by Crippen LogP contribution is -2.37. The standard InChI is InChI=1S/C12H17FN4O3S/c1-7(6-21-3)16(2)12(18)8-4-10(15-14)9(13)5-11(8)17(19)20/h4-5,7,15H,6,14H2,1-3H3. The van der Waals surface area contributed by atoms with Gasteiger partial charge in [-0.2, -0.15) is 11.8 Å². The Hall–Kier alpha value is -1.87. The van der Waals surface area contributed by atoms with E-state index in [-0.39, 0.29) is 17.3 Å². The van der Waals surface area contributed by atoms with Crippen molar-refractivity contribution in [2.24, 2.45) is 5.84 Å². The van der Waals surface area contributed by atoms with Gasteiger partial charge in [0.1, 0.15) is 5.56 Å². The fraction of sp³-hybridized carbons (Fsp3) is 0.417. The van der Waals surface area contributed by atoms with E-state index in [4.69, 9.17) is 5.84 Å². The maximum atomic E-state index is 13.6. The summed E-state index contributed by atoms with van der Waals surface area (Å²) < 4.78 is 13.6. The Morgan fingerprint density at radius 2 is 2.24 bits per heavy atom.